The number of aryl methyl sites for hydroxylation is 1. The highest BCUT2D eigenvalue weighted by atomic mass is 127. The molecule has 0 aliphatic rings. The van der Waals surface area contributed by atoms with E-state index in [2.05, 4.69) is 32.6 Å². The highest BCUT2D eigenvalue weighted by Crippen LogP contribution is 2.11. The number of hydrogen-bond donors (Lipinski definition) is 0. The summed E-state index contributed by atoms with van der Waals surface area (Å²) in [5.41, 5.74) is 1.85. The van der Waals surface area contributed by atoms with Gasteiger partial charge in [0.2, 0.25) is 0 Å². The van der Waals surface area contributed by atoms with E-state index in [1.54, 1.807) is 0 Å². The summed E-state index contributed by atoms with van der Waals surface area (Å²) in [7, 11) is 0. The Balaban J connectivity index is 2.80. The number of nitrogens with zero attached hydrogens (tertiary/aromatic N) is 2. The first-order chi connectivity index (χ1) is 5.75. The number of hydrogen-bond acceptors (Lipinski definition) is 2. The summed E-state index contributed by atoms with van der Waals surface area (Å²) in [6.07, 6.45) is 0. The van der Waals surface area contributed by atoms with E-state index in [0.717, 1.165) is 20.4 Å². The van der Waals surface area contributed by atoms with E-state index < -0.39 is 0 Å². The van der Waals surface area contributed by atoms with Gasteiger partial charge < -0.3 is 0 Å². The molecule has 0 bridgehead atoms. The molecule has 0 saturated carbocycles. The van der Waals surface area contributed by atoms with Crippen LogP contribution in [0.25, 0.3) is 11.0 Å². The van der Waals surface area contributed by atoms with E-state index in [0.29, 0.717) is 0 Å². The van der Waals surface area contributed by atoms with E-state index in [-0.39, 0.29) is 0 Å². The van der Waals surface area contributed by atoms with Gasteiger partial charge in [-0.15, -0.1) is 0 Å². The van der Waals surface area contributed by atoms with Crippen molar-refractivity contribution in [3.63, 3.8) is 0 Å². The van der Waals surface area contributed by atoms with Gasteiger partial charge >= 0.3 is 0 Å². The Morgan fingerprint density at radius 3 is 2.67 bits per heavy atom. The van der Waals surface area contributed by atoms with Crippen LogP contribution >= 0.6 is 22.6 Å². The number of pyridine rings is 2. The second kappa shape index (κ2) is 2.97. The lowest BCUT2D eigenvalue weighted by Crippen LogP contribution is -1.87. The van der Waals surface area contributed by atoms with E-state index in [4.69, 9.17) is 0 Å². The van der Waals surface area contributed by atoms with Crippen LogP contribution in [-0.4, -0.2) is 9.97 Å². The fraction of sp³-hybridized carbons (Fsp3) is 0.111. The van der Waals surface area contributed by atoms with Gasteiger partial charge in [-0.1, -0.05) is 0 Å². The van der Waals surface area contributed by atoms with Gasteiger partial charge in [0.25, 0.3) is 0 Å². The molecule has 2 aromatic heterocycles. The lowest BCUT2D eigenvalue weighted by molar-refractivity contribution is 1.19. The van der Waals surface area contributed by atoms with Crippen molar-refractivity contribution < 1.29 is 0 Å². The zero-order chi connectivity index (χ0) is 8.55. The molecule has 2 aromatic rings. The van der Waals surface area contributed by atoms with Gasteiger partial charge in [0.15, 0.2) is 5.65 Å². The van der Waals surface area contributed by atoms with Crippen molar-refractivity contribution in [2.75, 3.05) is 0 Å². The van der Waals surface area contributed by atoms with Crippen molar-refractivity contribution in [1.29, 1.82) is 0 Å². The van der Waals surface area contributed by atoms with E-state index in [1.165, 1.54) is 0 Å². The monoisotopic (exact) mass is 270 g/mol. The molecule has 0 aliphatic carbocycles. The average Bonchev–Trinajstić information content (AvgIpc) is 2.03. The minimum Gasteiger partial charge on any atom is -0.233 e. The Labute approximate surface area is 84.2 Å². The van der Waals surface area contributed by atoms with Crippen LogP contribution in [0.4, 0.5) is 0 Å². The van der Waals surface area contributed by atoms with Crippen LogP contribution in [0.2, 0.25) is 0 Å². The van der Waals surface area contributed by atoms with E-state index in [9.17, 15) is 0 Å². The minimum absolute atomic E-state index is 0.835. The number of aromatic nitrogens is 2. The van der Waals surface area contributed by atoms with E-state index in [1.807, 2.05) is 31.2 Å². The maximum Gasteiger partial charge on any atom is 0.160 e. The smallest absolute Gasteiger partial charge is 0.160 e. The third-order valence-electron chi connectivity index (χ3n) is 1.66. The topological polar surface area (TPSA) is 25.8 Å². The molecule has 0 aromatic carbocycles. The van der Waals surface area contributed by atoms with Crippen molar-refractivity contribution >= 4 is 33.6 Å². The summed E-state index contributed by atoms with van der Waals surface area (Å²) < 4.78 is 0.984. The highest BCUT2D eigenvalue weighted by molar-refractivity contribution is 14.1. The quantitative estimate of drug-likeness (QED) is 0.543. The molecule has 2 heterocycles. The predicted molar refractivity (Wildman–Crippen MR) is 57.0 cm³/mol. The van der Waals surface area contributed by atoms with Crippen LogP contribution in [-0.2, 0) is 0 Å². The summed E-state index contributed by atoms with van der Waals surface area (Å²) in [4.78, 5) is 8.63. The fourth-order valence-corrected chi connectivity index (χ4v) is 1.48. The molecule has 3 heteroatoms. The highest BCUT2D eigenvalue weighted by Gasteiger charge is 1.96. The molecule has 2 rings (SSSR count). The average molecular weight is 270 g/mol. The molecule has 0 saturated heterocycles. The third kappa shape index (κ3) is 1.41. The Morgan fingerprint density at radius 2 is 1.83 bits per heavy atom. The largest absolute Gasteiger partial charge is 0.233 e. The molecule has 0 aliphatic heterocycles. The second-order valence-corrected chi connectivity index (χ2v) is 3.74. The summed E-state index contributed by atoms with van der Waals surface area (Å²) in [5.74, 6) is 0. The molecule has 0 atom stereocenters. The van der Waals surface area contributed by atoms with Gasteiger partial charge in [0.1, 0.15) is 3.70 Å². The summed E-state index contributed by atoms with van der Waals surface area (Å²) in [5, 5.41) is 1.10. The summed E-state index contributed by atoms with van der Waals surface area (Å²) >= 11 is 2.19. The van der Waals surface area contributed by atoms with Crippen LogP contribution in [0.5, 0.6) is 0 Å². The number of fused-ring (bicyclic) bond motifs is 1. The molecule has 0 N–H and O–H groups in total. The van der Waals surface area contributed by atoms with Gasteiger partial charge in [-0.25, -0.2) is 9.97 Å². The number of halogens is 1. The Kier molecular flexibility index (Phi) is 1.96. The third-order valence-corrected chi connectivity index (χ3v) is 2.26. The molecular weight excluding hydrogens is 263 g/mol. The zero-order valence-corrected chi connectivity index (χ0v) is 8.74. The lowest BCUT2D eigenvalue weighted by atomic mass is 10.3. The van der Waals surface area contributed by atoms with Crippen molar-refractivity contribution in [2.24, 2.45) is 0 Å². The molecule has 0 radical (unpaired) electrons. The van der Waals surface area contributed by atoms with Gasteiger partial charge in [-0.3, -0.25) is 0 Å². The Hall–Kier alpha value is -0.710. The lowest BCUT2D eigenvalue weighted by Gasteiger charge is -1.97. The normalized spacial score (nSPS) is 10.5. The SMILES string of the molecule is Cc1ccc2ccc(I)nc2n1. The van der Waals surface area contributed by atoms with E-state index >= 15 is 0 Å². The molecule has 0 fully saturated rings. The van der Waals surface area contributed by atoms with Crippen molar-refractivity contribution in [2.45, 2.75) is 6.92 Å². The van der Waals surface area contributed by atoms with Gasteiger partial charge in [0.05, 0.1) is 0 Å². The molecule has 12 heavy (non-hydrogen) atoms. The van der Waals surface area contributed by atoms with Crippen LogP contribution in [0, 0.1) is 10.6 Å². The maximum atomic E-state index is 4.32. The Morgan fingerprint density at radius 1 is 1.08 bits per heavy atom. The molecule has 60 valence electrons. The second-order valence-electron chi connectivity index (χ2n) is 2.63. The van der Waals surface area contributed by atoms with Crippen molar-refractivity contribution in [3.05, 3.63) is 33.7 Å². The van der Waals surface area contributed by atoms with Gasteiger partial charge in [-0.2, -0.15) is 0 Å². The summed E-state index contributed by atoms with van der Waals surface area (Å²) in [6, 6.07) is 8.06. The molecule has 0 unspecified atom stereocenters. The van der Waals surface area contributed by atoms with Crippen LogP contribution < -0.4 is 0 Å². The predicted octanol–water partition coefficient (Wildman–Crippen LogP) is 2.54. The standard InChI is InChI=1S/C9H7IN2/c1-6-2-3-7-4-5-8(10)12-9(7)11-6/h2-5H,1H3. The molecule has 2 nitrogen and oxygen atoms in total. The number of rotatable bonds is 0. The summed E-state index contributed by atoms with van der Waals surface area (Å²) in [6.45, 7) is 1.97. The molecule has 0 spiro atoms. The van der Waals surface area contributed by atoms with Gasteiger partial charge in [0, 0.05) is 11.1 Å². The molecular formula is C9H7IN2. The zero-order valence-electron chi connectivity index (χ0n) is 6.58. The van der Waals surface area contributed by atoms with Gasteiger partial charge in [-0.05, 0) is 53.8 Å². The van der Waals surface area contributed by atoms with Crippen LogP contribution in [0.15, 0.2) is 24.3 Å². The Bertz CT molecular complexity index is 389. The first-order valence-electron chi connectivity index (χ1n) is 3.65. The minimum atomic E-state index is 0.835. The molecule has 0 amide bonds. The van der Waals surface area contributed by atoms with Crippen molar-refractivity contribution in [3.8, 4) is 0 Å². The fourth-order valence-electron chi connectivity index (χ4n) is 1.07. The maximum absolute atomic E-state index is 4.32. The van der Waals surface area contributed by atoms with Crippen molar-refractivity contribution in [1.82, 2.24) is 9.97 Å². The van der Waals surface area contributed by atoms with Crippen LogP contribution in [0.1, 0.15) is 5.69 Å². The first kappa shape index (κ1) is 7.91. The first-order valence-corrected chi connectivity index (χ1v) is 4.73. The van der Waals surface area contributed by atoms with Crippen LogP contribution in [0.3, 0.4) is 0 Å².